The SMILES string of the molecule is Cc1nc(C(=O)N2c3cccc(O)c3NC3=C(C(=O)CC(C)(C)C3)C2c2ccc(OCc3ccccc3)cc2Cl)c(C)o1. The smallest absolute Gasteiger partial charge is 0.281 e. The number of hydrogen-bond acceptors (Lipinski definition) is 7. The number of oxazole rings is 1. The van der Waals surface area contributed by atoms with Crippen molar-refractivity contribution in [1.29, 1.82) is 0 Å². The number of allylic oxidation sites excluding steroid dienone is 1. The normalized spacial score (nSPS) is 17.6. The highest BCUT2D eigenvalue weighted by molar-refractivity contribution is 6.32. The number of fused-ring (bicyclic) bond motifs is 1. The molecule has 6 rings (SSSR count). The lowest BCUT2D eigenvalue weighted by Crippen LogP contribution is -2.40. The average Bonchev–Trinajstić information content (AvgIpc) is 3.22. The van der Waals surface area contributed by atoms with Crippen LogP contribution < -0.4 is 15.0 Å². The van der Waals surface area contributed by atoms with Gasteiger partial charge in [0.2, 0.25) is 0 Å². The van der Waals surface area contributed by atoms with Gasteiger partial charge < -0.3 is 19.6 Å². The number of nitrogens with zero attached hydrogens (tertiary/aromatic N) is 2. The Labute approximate surface area is 255 Å². The number of phenolic OH excluding ortho intramolecular Hbond substituents is 1. The Morgan fingerprint density at radius 1 is 1.12 bits per heavy atom. The zero-order valence-corrected chi connectivity index (χ0v) is 25.2. The Hall–Kier alpha value is -4.56. The molecule has 2 aliphatic rings. The molecule has 2 heterocycles. The molecule has 2 N–H and O–H groups in total. The van der Waals surface area contributed by atoms with Gasteiger partial charge in [0, 0.05) is 29.6 Å². The first-order valence-corrected chi connectivity index (χ1v) is 14.5. The molecule has 220 valence electrons. The van der Waals surface area contributed by atoms with Crippen LogP contribution in [0.4, 0.5) is 11.4 Å². The monoisotopic (exact) mass is 597 g/mol. The maximum Gasteiger partial charge on any atom is 0.281 e. The Bertz CT molecular complexity index is 1780. The van der Waals surface area contributed by atoms with Crippen LogP contribution in [0.3, 0.4) is 0 Å². The summed E-state index contributed by atoms with van der Waals surface area (Å²) >= 11 is 6.99. The lowest BCUT2D eigenvalue weighted by atomic mass is 9.73. The van der Waals surface area contributed by atoms with Gasteiger partial charge in [0.05, 0.1) is 11.7 Å². The number of anilines is 2. The Kier molecular flexibility index (Phi) is 7.26. The minimum absolute atomic E-state index is 0.0533. The number of carbonyl (C=O) groups excluding carboxylic acids is 2. The second-order valence-electron chi connectivity index (χ2n) is 11.8. The average molecular weight is 598 g/mol. The number of benzene rings is 3. The lowest BCUT2D eigenvalue weighted by Gasteiger charge is -2.37. The lowest BCUT2D eigenvalue weighted by molar-refractivity contribution is -0.118. The fourth-order valence-electron chi connectivity index (χ4n) is 5.96. The van der Waals surface area contributed by atoms with Crippen molar-refractivity contribution in [2.24, 2.45) is 5.41 Å². The number of para-hydroxylation sites is 1. The molecule has 0 saturated carbocycles. The highest BCUT2D eigenvalue weighted by Gasteiger charge is 2.45. The third-order valence-corrected chi connectivity index (χ3v) is 8.17. The van der Waals surface area contributed by atoms with E-state index in [2.05, 4.69) is 10.3 Å². The number of ketones is 1. The van der Waals surface area contributed by atoms with E-state index in [9.17, 15) is 14.7 Å². The number of amides is 1. The number of aromatic nitrogens is 1. The molecular formula is C34H32ClN3O5. The molecule has 0 radical (unpaired) electrons. The van der Waals surface area contributed by atoms with E-state index in [1.165, 1.54) is 4.90 Å². The van der Waals surface area contributed by atoms with Crippen LogP contribution in [-0.4, -0.2) is 21.8 Å². The van der Waals surface area contributed by atoms with Gasteiger partial charge in [-0.05, 0) is 54.2 Å². The third kappa shape index (κ3) is 5.39. The summed E-state index contributed by atoms with van der Waals surface area (Å²) in [4.78, 5) is 34.4. The molecule has 0 saturated heterocycles. The van der Waals surface area contributed by atoms with Crippen molar-refractivity contribution in [3.8, 4) is 11.5 Å². The van der Waals surface area contributed by atoms with E-state index >= 15 is 0 Å². The summed E-state index contributed by atoms with van der Waals surface area (Å²) in [6.07, 6.45) is 0.810. The van der Waals surface area contributed by atoms with Gasteiger partial charge in [0.25, 0.3) is 5.91 Å². The third-order valence-electron chi connectivity index (χ3n) is 7.85. The zero-order chi connectivity index (χ0) is 30.5. The van der Waals surface area contributed by atoms with Crippen LogP contribution in [0.1, 0.15) is 66.0 Å². The van der Waals surface area contributed by atoms with E-state index in [0.29, 0.717) is 63.7 Å². The molecule has 1 aliphatic carbocycles. The molecule has 0 fully saturated rings. The quantitative estimate of drug-likeness (QED) is 0.227. The predicted octanol–water partition coefficient (Wildman–Crippen LogP) is 7.69. The van der Waals surface area contributed by atoms with Gasteiger partial charge in [-0.15, -0.1) is 0 Å². The van der Waals surface area contributed by atoms with Crippen LogP contribution in [0.25, 0.3) is 0 Å². The number of Topliss-reactive ketones (excluding diaryl/α,β-unsaturated/α-hetero) is 1. The van der Waals surface area contributed by atoms with Gasteiger partial charge in [-0.25, -0.2) is 4.98 Å². The van der Waals surface area contributed by atoms with Crippen molar-refractivity contribution in [2.45, 2.75) is 53.2 Å². The molecular weight excluding hydrogens is 566 g/mol. The number of halogens is 1. The second kappa shape index (κ2) is 10.9. The summed E-state index contributed by atoms with van der Waals surface area (Å²) in [6, 6.07) is 19.1. The number of rotatable bonds is 5. The molecule has 1 aliphatic heterocycles. The van der Waals surface area contributed by atoms with Gasteiger partial charge in [0.15, 0.2) is 17.4 Å². The van der Waals surface area contributed by atoms with E-state index in [-0.39, 0.29) is 29.1 Å². The summed E-state index contributed by atoms with van der Waals surface area (Å²) in [5, 5.41) is 14.7. The first kappa shape index (κ1) is 28.6. The number of aryl methyl sites for hydroxylation is 2. The number of phenols is 1. The zero-order valence-electron chi connectivity index (χ0n) is 24.4. The van der Waals surface area contributed by atoms with Crippen molar-refractivity contribution in [3.63, 3.8) is 0 Å². The molecule has 1 atom stereocenters. The minimum atomic E-state index is -0.922. The van der Waals surface area contributed by atoms with Gasteiger partial charge in [-0.1, -0.05) is 67.9 Å². The number of hydrogen-bond donors (Lipinski definition) is 2. The van der Waals surface area contributed by atoms with Crippen LogP contribution >= 0.6 is 11.6 Å². The maximum atomic E-state index is 14.5. The van der Waals surface area contributed by atoms with Crippen LogP contribution in [0.15, 0.2) is 82.4 Å². The van der Waals surface area contributed by atoms with Crippen LogP contribution in [0, 0.1) is 19.3 Å². The van der Waals surface area contributed by atoms with Crippen molar-refractivity contribution < 1.29 is 23.8 Å². The molecule has 1 unspecified atom stereocenters. The number of ether oxygens (including phenoxy) is 1. The number of aromatic hydroxyl groups is 1. The molecule has 43 heavy (non-hydrogen) atoms. The topological polar surface area (TPSA) is 105 Å². The summed E-state index contributed by atoms with van der Waals surface area (Å²) in [6.45, 7) is 7.75. The van der Waals surface area contributed by atoms with Crippen molar-refractivity contribution in [1.82, 2.24) is 4.98 Å². The van der Waals surface area contributed by atoms with Gasteiger partial charge >= 0.3 is 0 Å². The summed E-state index contributed by atoms with van der Waals surface area (Å²) in [5.41, 5.74) is 3.09. The number of nitrogens with one attached hydrogen (secondary N) is 1. The first-order chi connectivity index (χ1) is 20.5. The molecule has 3 aromatic carbocycles. The summed E-state index contributed by atoms with van der Waals surface area (Å²) < 4.78 is 11.6. The fraction of sp³-hybridized carbons (Fsp3) is 0.265. The largest absolute Gasteiger partial charge is 0.506 e. The summed E-state index contributed by atoms with van der Waals surface area (Å²) in [5.74, 6) is 0.592. The van der Waals surface area contributed by atoms with E-state index in [0.717, 1.165) is 5.56 Å². The van der Waals surface area contributed by atoms with Gasteiger partial charge in [-0.3, -0.25) is 14.5 Å². The van der Waals surface area contributed by atoms with E-state index in [1.54, 1.807) is 50.2 Å². The fourth-order valence-corrected chi connectivity index (χ4v) is 6.24. The second-order valence-corrected chi connectivity index (χ2v) is 12.2. The van der Waals surface area contributed by atoms with Gasteiger partial charge in [-0.2, -0.15) is 0 Å². The Morgan fingerprint density at radius 2 is 1.88 bits per heavy atom. The van der Waals surface area contributed by atoms with E-state index in [1.807, 2.05) is 44.2 Å². The van der Waals surface area contributed by atoms with E-state index in [4.69, 9.17) is 20.8 Å². The number of carbonyl (C=O) groups is 2. The molecule has 8 nitrogen and oxygen atoms in total. The molecule has 4 aromatic rings. The van der Waals surface area contributed by atoms with Gasteiger partial charge in [0.1, 0.15) is 29.6 Å². The summed E-state index contributed by atoms with van der Waals surface area (Å²) in [7, 11) is 0. The standard InChI is InChI=1S/C34H32ClN3O5/c1-19-30(36-20(2)43-19)33(41)38-26-11-8-12-27(39)31(26)37-25-16-34(3,4)17-28(40)29(25)32(38)23-14-13-22(15-24(23)35)42-18-21-9-6-5-7-10-21/h5-15,32,37,39H,16-18H2,1-4H3. The molecule has 1 aromatic heterocycles. The minimum Gasteiger partial charge on any atom is -0.506 e. The first-order valence-electron chi connectivity index (χ1n) is 14.1. The highest BCUT2D eigenvalue weighted by atomic mass is 35.5. The Morgan fingerprint density at radius 3 is 2.58 bits per heavy atom. The van der Waals surface area contributed by atoms with Crippen LogP contribution in [-0.2, 0) is 11.4 Å². The van der Waals surface area contributed by atoms with Crippen LogP contribution in [0.5, 0.6) is 11.5 Å². The van der Waals surface area contributed by atoms with Crippen molar-refractivity contribution >= 4 is 34.7 Å². The Balaban J connectivity index is 1.53. The molecule has 1 amide bonds. The molecule has 9 heteroatoms. The van der Waals surface area contributed by atoms with E-state index < -0.39 is 11.9 Å². The van der Waals surface area contributed by atoms with Crippen molar-refractivity contribution in [3.05, 3.63) is 111 Å². The van der Waals surface area contributed by atoms with Crippen LogP contribution in [0.2, 0.25) is 5.02 Å². The predicted molar refractivity (Wildman–Crippen MR) is 165 cm³/mol. The molecule has 0 spiro atoms. The molecule has 0 bridgehead atoms. The highest BCUT2D eigenvalue weighted by Crippen LogP contribution is 2.51. The van der Waals surface area contributed by atoms with Crippen molar-refractivity contribution in [2.75, 3.05) is 10.2 Å². The maximum absolute atomic E-state index is 14.5.